The average molecular weight is 186 g/mol. The van der Waals surface area contributed by atoms with Crippen molar-refractivity contribution in [3.8, 4) is 0 Å². The molecule has 1 saturated heterocycles. The minimum absolute atomic E-state index is 0.0478. The lowest BCUT2D eigenvalue weighted by Gasteiger charge is -2.27. The molecule has 0 saturated carbocycles. The lowest BCUT2D eigenvalue weighted by molar-refractivity contribution is -0.142. The van der Waals surface area contributed by atoms with Crippen LogP contribution in [0.2, 0.25) is 0 Å². The van der Waals surface area contributed by atoms with E-state index >= 15 is 0 Å². The Morgan fingerprint density at radius 1 is 1.62 bits per heavy atom. The highest BCUT2D eigenvalue weighted by Crippen LogP contribution is 2.03. The van der Waals surface area contributed by atoms with E-state index in [9.17, 15) is 9.59 Å². The van der Waals surface area contributed by atoms with Crippen molar-refractivity contribution in [1.82, 2.24) is 10.6 Å². The van der Waals surface area contributed by atoms with E-state index in [0.29, 0.717) is 19.5 Å². The van der Waals surface area contributed by atoms with E-state index in [0.717, 1.165) is 0 Å². The van der Waals surface area contributed by atoms with Crippen LogP contribution in [-0.4, -0.2) is 36.1 Å². The second-order valence-electron chi connectivity index (χ2n) is 3.16. The molecule has 1 fully saturated rings. The smallest absolute Gasteiger partial charge is 0.326 e. The molecule has 1 atom stereocenters. The van der Waals surface area contributed by atoms with Gasteiger partial charge < -0.3 is 15.7 Å². The molecule has 0 aromatic carbocycles. The molecular formula is C8H14N2O3. The molecule has 1 rings (SSSR count). The molecule has 1 amide bonds. The van der Waals surface area contributed by atoms with Crippen molar-refractivity contribution in [3.05, 3.63) is 0 Å². The van der Waals surface area contributed by atoms with Crippen LogP contribution in [0.25, 0.3) is 0 Å². The summed E-state index contributed by atoms with van der Waals surface area (Å²) in [6.45, 7) is 3.04. The van der Waals surface area contributed by atoms with Crippen LogP contribution < -0.4 is 10.6 Å². The summed E-state index contributed by atoms with van der Waals surface area (Å²) < 4.78 is 0. The quantitative estimate of drug-likeness (QED) is 0.536. The van der Waals surface area contributed by atoms with Crippen molar-refractivity contribution < 1.29 is 14.7 Å². The van der Waals surface area contributed by atoms with Gasteiger partial charge in [0.15, 0.2) is 0 Å². The first kappa shape index (κ1) is 9.98. The highest BCUT2D eigenvalue weighted by atomic mass is 16.4. The Labute approximate surface area is 76.5 Å². The predicted octanol–water partition coefficient (Wildman–Crippen LogP) is -0.815. The second-order valence-corrected chi connectivity index (χ2v) is 3.16. The number of hydrogen-bond donors (Lipinski definition) is 3. The molecule has 0 aliphatic carbocycles. The molecule has 0 spiro atoms. The van der Waals surface area contributed by atoms with Crippen molar-refractivity contribution in [1.29, 1.82) is 0 Å². The van der Waals surface area contributed by atoms with E-state index in [1.54, 1.807) is 6.92 Å². The number of carboxylic acids is 1. The normalized spacial score (nSPS) is 18.8. The number of carbonyl (C=O) groups excluding carboxylic acids is 1. The number of carbonyl (C=O) groups is 2. The lowest BCUT2D eigenvalue weighted by atomic mass is 10.0. The van der Waals surface area contributed by atoms with E-state index < -0.39 is 12.0 Å². The third-order valence-corrected chi connectivity index (χ3v) is 2.18. The molecular weight excluding hydrogens is 172 g/mol. The second kappa shape index (κ2) is 4.23. The SMILES string of the molecule is CC[C@@H](NC(=O)C1CNC1)C(=O)O. The molecule has 1 aliphatic heterocycles. The monoisotopic (exact) mass is 186 g/mol. The zero-order valence-electron chi connectivity index (χ0n) is 7.54. The molecule has 3 N–H and O–H groups in total. The van der Waals surface area contributed by atoms with Crippen LogP contribution >= 0.6 is 0 Å². The van der Waals surface area contributed by atoms with Crippen molar-refractivity contribution in [2.24, 2.45) is 5.92 Å². The Hall–Kier alpha value is -1.10. The Kier molecular flexibility index (Phi) is 3.25. The molecule has 5 nitrogen and oxygen atoms in total. The van der Waals surface area contributed by atoms with Gasteiger partial charge in [0.2, 0.25) is 5.91 Å². The first-order valence-corrected chi connectivity index (χ1v) is 4.39. The number of nitrogens with one attached hydrogen (secondary N) is 2. The van der Waals surface area contributed by atoms with Crippen molar-refractivity contribution >= 4 is 11.9 Å². The molecule has 0 radical (unpaired) electrons. The molecule has 0 unspecified atom stereocenters. The van der Waals surface area contributed by atoms with E-state index in [-0.39, 0.29) is 11.8 Å². The predicted molar refractivity (Wildman–Crippen MR) is 46.2 cm³/mol. The number of amides is 1. The summed E-state index contributed by atoms with van der Waals surface area (Å²) in [7, 11) is 0. The Morgan fingerprint density at radius 2 is 2.23 bits per heavy atom. The van der Waals surface area contributed by atoms with Crippen LogP contribution in [0.1, 0.15) is 13.3 Å². The summed E-state index contributed by atoms with van der Waals surface area (Å²) in [6.07, 6.45) is 0.418. The molecule has 5 heteroatoms. The summed E-state index contributed by atoms with van der Waals surface area (Å²) in [4.78, 5) is 21.8. The Morgan fingerprint density at radius 3 is 2.54 bits per heavy atom. The average Bonchev–Trinajstić information content (AvgIpc) is 1.96. The summed E-state index contributed by atoms with van der Waals surface area (Å²) in [5.74, 6) is -1.18. The molecule has 1 aliphatic rings. The van der Waals surface area contributed by atoms with Crippen molar-refractivity contribution in [3.63, 3.8) is 0 Å². The zero-order valence-corrected chi connectivity index (χ0v) is 7.54. The van der Waals surface area contributed by atoms with Gasteiger partial charge >= 0.3 is 5.97 Å². The van der Waals surface area contributed by atoms with Crippen LogP contribution in [0.5, 0.6) is 0 Å². The van der Waals surface area contributed by atoms with Gasteiger partial charge in [-0.05, 0) is 6.42 Å². The lowest BCUT2D eigenvalue weighted by Crippen LogP contribution is -2.53. The minimum atomic E-state index is -0.969. The summed E-state index contributed by atoms with van der Waals surface area (Å²) in [6, 6.07) is -0.743. The van der Waals surface area contributed by atoms with Gasteiger partial charge in [-0.3, -0.25) is 4.79 Å². The number of aliphatic carboxylic acids is 1. The summed E-state index contributed by atoms with van der Waals surface area (Å²) in [5.41, 5.74) is 0. The van der Waals surface area contributed by atoms with Crippen molar-refractivity contribution in [2.45, 2.75) is 19.4 Å². The standard InChI is InChI=1S/C8H14N2O3/c1-2-6(8(12)13)10-7(11)5-3-9-4-5/h5-6,9H,2-4H2,1H3,(H,10,11)(H,12,13)/t6-/m1/s1. The van der Waals surface area contributed by atoms with Gasteiger partial charge in [0.25, 0.3) is 0 Å². The maximum absolute atomic E-state index is 11.3. The largest absolute Gasteiger partial charge is 0.480 e. The summed E-state index contributed by atoms with van der Waals surface area (Å²) >= 11 is 0. The zero-order chi connectivity index (χ0) is 9.84. The van der Waals surface area contributed by atoms with E-state index in [1.807, 2.05) is 0 Å². The van der Waals surface area contributed by atoms with Gasteiger partial charge in [-0.1, -0.05) is 6.92 Å². The third kappa shape index (κ3) is 2.42. The highest BCUT2D eigenvalue weighted by molar-refractivity contribution is 5.85. The number of carboxylic acid groups (broad SMARTS) is 1. The van der Waals surface area contributed by atoms with Gasteiger partial charge in [0.05, 0.1) is 5.92 Å². The maximum Gasteiger partial charge on any atom is 0.326 e. The molecule has 1 heterocycles. The van der Waals surface area contributed by atoms with Crippen molar-refractivity contribution in [2.75, 3.05) is 13.1 Å². The van der Waals surface area contributed by atoms with Gasteiger partial charge in [-0.2, -0.15) is 0 Å². The Bertz CT molecular complexity index is 213. The highest BCUT2D eigenvalue weighted by Gasteiger charge is 2.27. The van der Waals surface area contributed by atoms with Crippen LogP contribution in [0.15, 0.2) is 0 Å². The topological polar surface area (TPSA) is 78.4 Å². The minimum Gasteiger partial charge on any atom is -0.480 e. The van der Waals surface area contributed by atoms with E-state index in [2.05, 4.69) is 10.6 Å². The van der Waals surface area contributed by atoms with Gasteiger partial charge in [0, 0.05) is 13.1 Å². The molecule has 74 valence electrons. The first-order chi connectivity index (χ1) is 6.15. The van der Waals surface area contributed by atoms with Crippen LogP contribution in [0.3, 0.4) is 0 Å². The fourth-order valence-electron chi connectivity index (χ4n) is 1.10. The maximum atomic E-state index is 11.3. The fourth-order valence-corrected chi connectivity index (χ4v) is 1.10. The van der Waals surface area contributed by atoms with Crippen LogP contribution in [-0.2, 0) is 9.59 Å². The fraction of sp³-hybridized carbons (Fsp3) is 0.750. The van der Waals surface area contributed by atoms with E-state index in [1.165, 1.54) is 0 Å². The molecule has 13 heavy (non-hydrogen) atoms. The molecule has 0 bridgehead atoms. The van der Waals surface area contributed by atoms with E-state index in [4.69, 9.17) is 5.11 Å². The molecule has 0 aromatic heterocycles. The summed E-state index contributed by atoms with van der Waals surface area (Å²) in [5, 5.41) is 14.1. The van der Waals surface area contributed by atoms with Gasteiger partial charge in [0.1, 0.15) is 6.04 Å². The first-order valence-electron chi connectivity index (χ1n) is 4.39. The number of rotatable bonds is 4. The molecule has 0 aromatic rings. The van der Waals surface area contributed by atoms with Gasteiger partial charge in [-0.15, -0.1) is 0 Å². The van der Waals surface area contributed by atoms with Crippen LogP contribution in [0.4, 0.5) is 0 Å². The third-order valence-electron chi connectivity index (χ3n) is 2.18. The van der Waals surface area contributed by atoms with Crippen LogP contribution in [0, 0.1) is 5.92 Å². The van der Waals surface area contributed by atoms with Gasteiger partial charge in [-0.25, -0.2) is 4.79 Å². The number of hydrogen-bond acceptors (Lipinski definition) is 3. The Balaban J connectivity index is 2.36.